The fraction of sp³-hybridized carbons (Fsp3) is 0. The highest BCUT2D eigenvalue weighted by Gasteiger charge is 2.22. The fourth-order valence-corrected chi connectivity index (χ4v) is 11.2. The quantitative estimate of drug-likeness (QED) is 0.1000. The van der Waals surface area contributed by atoms with Gasteiger partial charge in [-0.1, -0.05) is 273 Å². The minimum atomic E-state index is 1.18. The molecule has 72 heavy (non-hydrogen) atoms. The average Bonchev–Trinajstić information content (AvgIpc) is 3.45. The zero-order valence-electron chi connectivity index (χ0n) is 39.7. The van der Waals surface area contributed by atoms with E-state index in [1.165, 1.54) is 131 Å². The van der Waals surface area contributed by atoms with Gasteiger partial charge in [0.25, 0.3) is 0 Å². The molecular weight excluding hydrogens is 865 g/mol. The molecule has 13 aromatic rings. The maximum atomic E-state index is 2.48. The Labute approximate surface area is 420 Å². The van der Waals surface area contributed by atoms with Gasteiger partial charge in [0.1, 0.15) is 0 Å². The van der Waals surface area contributed by atoms with E-state index in [1.807, 2.05) is 0 Å². The normalized spacial score (nSPS) is 12.0. The van der Waals surface area contributed by atoms with Crippen LogP contribution in [0, 0.1) is 0 Å². The zero-order valence-corrected chi connectivity index (χ0v) is 39.7. The van der Waals surface area contributed by atoms with Crippen molar-refractivity contribution in [3.63, 3.8) is 0 Å². The summed E-state index contributed by atoms with van der Waals surface area (Å²) in [6, 6.07) is 93.3. The molecule has 0 unspecified atom stereocenters. The first kappa shape index (κ1) is 42.7. The summed E-state index contributed by atoms with van der Waals surface area (Å²) in [6.07, 6.45) is 13.7. The lowest BCUT2D eigenvalue weighted by molar-refractivity contribution is 1.63. The Morgan fingerprint density at radius 1 is 0.167 bits per heavy atom. The summed E-state index contributed by atoms with van der Waals surface area (Å²) >= 11 is 0. The van der Waals surface area contributed by atoms with Gasteiger partial charge in [-0.3, -0.25) is 0 Å². The number of hydrogen-bond donors (Lipinski definition) is 0. The second-order valence-electron chi connectivity index (χ2n) is 18.7. The van der Waals surface area contributed by atoms with Gasteiger partial charge in [-0.25, -0.2) is 0 Å². The number of rotatable bonds is 9. The second-order valence-corrected chi connectivity index (χ2v) is 18.7. The van der Waals surface area contributed by atoms with Gasteiger partial charge in [-0.15, -0.1) is 0 Å². The molecule has 0 saturated carbocycles. The van der Waals surface area contributed by atoms with Gasteiger partial charge in [0.15, 0.2) is 0 Å². The van der Waals surface area contributed by atoms with E-state index >= 15 is 0 Å². The third kappa shape index (κ3) is 7.68. The van der Waals surface area contributed by atoms with Gasteiger partial charge in [0.05, 0.1) is 0 Å². The van der Waals surface area contributed by atoms with E-state index in [0.29, 0.717) is 0 Å². The van der Waals surface area contributed by atoms with Crippen LogP contribution in [0.2, 0.25) is 0 Å². The number of benzene rings is 13. The molecule has 0 atom stereocenters. The third-order valence-electron chi connectivity index (χ3n) is 14.4. The standard InChI is InChI=1S/C72H48/c1-4-22-49(23-5-1)40-43-61-55-28-10-16-34-64(55)70(65-35-17-11-29-56(61)65)52-46-53(71-66-36-18-12-30-57(66)62(58-31-13-19-37-67(58)71)44-41-50-24-6-2-7-25-50)48-54(47-52)72-68-38-20-14-32-59(68)63(60-33-15-21-39-69(60)72)45-42-51-26-8-3-9-27-51/h1-48H/b43-40-,44-41+,45-42+. The van der Waals surface area contributed by atoms with Crippen molar-refractivity contribution >= 4 is 101 Å². The van der Waals surface area contributed by atoms with E-state index < -0.39 is 0 Å². The Hall–Kier alpha value is -9.36. The minimum absolute atomic E-state index is 1.18. The zero-order chi connectivity index (χ0) is 47.8. The largest absolute Gasteiger partial charge is 0.0622 e. The molecule has 0 fully saturated rings. The summed E-state index contributed by atoms with van der Waals surface area (Å²) in [7, 11) is 0. The lowest BCUT2D eigenvalue weighted by Crippen LogP contribution is -1.95. The fourth-order valence-electron chi connectivity index (χ4n) is 11.2. The van der Waals surface area contributed by atoms with E-state index in [1.54, 1.807) is 0 Å². The monoisotopic (exact) mass is 912 g/mol. The number of fused-ring (bicyclic) bond motifs is 6. The van der Waals surface area contributed by atoms with Crippen LogP contribution in [-0.2, 0) is 0 Å². The molecule has 0 amide bonds. The van der Waals surface area contributed by atoms with E-state index in [9.17, 15) is 0 Å². The minimum Gasteiger partial charge on any atom is -0.0622 e. The Kier molecular flexibility index (Phi) is 11.0. The van der Waals surface area contributed by atoms with Crippen LogP contribution in [0.3, 0.4) is 0 Å². The van der Waals surface area contributed by atoms with Crippen LogP contribution in [0.1, 0.15) is 33.4 Å². The highest BCUT2D eigenvalue weighted by molar-refractivity contribution is 6.23. The summed E-state index contributed by atoms with van der Waals surface area (Å²) in [6.45, 7) is 0. The molecule has 0 aliphatic carbocycles. The first-order valence-electron chi connectivity index (χ1n) is 24.9. The van der Waals surface area contributed by atoms with Crippen LogP contribution in [0.15, 0.2) is 255 Å². The molecular formula is C72H48. The van der Waals surface area contributed by atoms with E-state index in [4.69, 9.17) is 0 Å². The third-order valence-corrected chi connectivity index (χ3v) is 14.4. The van der Waals surface area contributed by atoms with Crippen molar-refractivity contribution in [3.05, 3.63) is 288 Å². The molecule has 13 rings (SSSR count). The van der Waals surface area contributed by atoms with Crippen molar-refractivity contribution in [1.29, 1.82) is 0 Å². The molecule has 0 spiro atoms. The summed E-state index contributed by atoms with van der Waals surface area (Å²) in [5, 5.41) is 14.7. The second kappa shape index (κ2) is 18.5. The van der Waals surface area contributed by atoms with Crippen molar-refractivity contribution < 1.29 is 0 Å². The molecule has 0 heteroatoms. The SMILES string of the molecule is C(=C/c1c2ccccc2c(-c2cc(-c3c4ccccc4c(/C=C/c4ccccc4)c4ccccc34)cc(-c3c4ccccc4c(/C=C/c4ccccc4)c4ccccc34)c2)c2ccccc12)/c1ccccc1. The number of hydrogen-bond acceptors (Lipinski definition) is 0. The molecule has 0 nitrogen and oxygen atoms in total. The lowest BCUT2D eigenvalue weighted by Gasteiger charge is -2.21. The van der Waals surface area contributed by atoms with Gasteiger partial charge in [-0.05, 0) is 150 Å². The first-order chi connectivity index (χ1) is 35.7. The summed E-state index contributed by atoms with van der Waals surface area (Å²) < 4.78 is 0. The molecule has 0 heterocycles. The molecule has 0 saturated heterocycles. The Morgan fingerprint density at radius 3 is 0.556 bits per heavy atom. The maximum absolute atomic E-state index is 2.48. The van der Waals surface area contributed by atoms with E-state index in [-0.39, 0.29) is 0 Å². The van der Waals surface area contributed by atoms with Crippen molar-refractivity contribution in [1.82, 2.24) is 0 Å². The van der Waals surface area contributed by atoms with Gasteiger partial charge < -0.3 is 0 Å². The summed E-state index contributed by atoms with van der Waals surface area (Å²) in [5.74, 6) is 0. The topological polar surface area (TPSA) is 0 Å². The molecule has 0 aliphatic rings. The first-order valence-corrected chi connectivity index (χ1v) is 24.9. The smallest absolute Gasteiger partial charge is 0.00259 e. The van der Waals surface area contributed by atoms with Crippen LogP contribution in [-0.4, -0.2) is 0 Å². The van der Waals surface area contributed by atoms with Crippen LogP contribution in [0.4, 0.5) is 0 Å². The van der Waals surface area contributed by atoms with Crippen LogP contribution >= 0.6 is 0 Å². The predicted molar refractivity (Wildman–Crippen MR) is 314 cm³/mol. The van der Waals surface area contributed by atoms with E-state index in [2.05, 4.69) is 291 Å². The molecule has 0 radical (unpaired) electrons. The summed E-state index contributed by atoms with van der Waals surface area (Å²) in [5.41, 5.74) is 14.4. The van der Waals surface area contributed by atoms with Gasteiger partial charge in [0.2, 0.25) is 0 Å². The molecule has 336 valence electrons. The van der Waals surface area contributed by atoms with Crippen molar-refractivity contribution in [3.8, 4) is 33.4 Å². The van der Waals surface area contributed by atoms with Crippen LogP contribution < -0.4 is 0 Å². The average molecular weight is 913 g/mol. The Balaban J connectivity index is 1.14. The van der Waals surface area contributed by atoms with Crippen molar-refractivity contribution in [2.75, 3.05) is 0 Å². The van der Waals surface area contributed by atoms with Gasteiger partial charge in [-0.2, -0.15) is 0 Å². The molecule has 13 aromatic carbocycles. The maximum Gasteiger partial charge on any atom is -0.00259 e. The lowest BCUT2D eigenvalue weighted by atomic mass is 9.82. The Morgan fingerprint density at radius 2 is 0.347 bits per heavy atom. The highest BCUT2D eigenvalue weighted by atomic mass is 14.2. The van der Waals surface area contributed by atoms with E-state index in [0.717, 1.165) is 0 Å². The van der Waals surface area contributed by atoms with Crippen LogP contribution in [0.25, 0.3) is 134 Å². The van der Waals surface area contributed by atoms with Crippen molar-refractivity contribution in [2.24, 2.45) is 0 Å². The van der Waals surface area contributed by atoms with Gasteiger partial charge >= 0.3 is 0 Å². The Bertz CT molecular complexity index is 3660. The van der Waals surface area contributed by atoms with Crippen molar-refractivity contribution in [2.45, 2.75) is 0 Å². The summed E-state index contributed by atoms with van der Waals surface area (Å²) in [4.78, 5) is 0. The predicted octanol–water partition coefficient (Wildman–Crippen LogP) is 20.1. The van der Waals surface area contributed by atoms with Crippen LogP contribution in [0.5, 0.6) is 0 Å². The molecule has 0 aliphatic heterocycles. The molecule has 0 N–H and O–H groups in total. The van der Waals surface area contributed by atoms with Gasteiger partial charge in [0, 0.05) is 0 Å². The molecule has 0 bridgehead atoms. The highest BCUT2D eigenvalue weighted by Crippen LogP contribution is 2.48. The molecule has 0 aromatic heterocycles.